The zero-order valence-corrected chi connectivity index (χ0v) is 16.2. The summed E-state index contributed by atoms with van der Waals surface area (Å²) in [5, 5.41) is 2.73. The van der Waals surface area contributed by atoms with E-state index < -0.39 is 12.8 Å². The Morgan fingerprint density at radius 2 is 1.75 bits per heavy atom. The fraction of sp³-hybridized carbons (Fsp3) is 0.421. The molecule has 0 radical (unpaired) electrons. The summed E-state index contributed by atoms with van der Waals surface area (Å²) >= 11 is 0. The van der Waals surface area contributed by atoms with Gasteiger partial charge in [0.15, 0.2) is 6.61 Å². The molecule has 3 N–H and O–H groups in total. The first-order chi connectivity index (χ1) is 12.8. The van der Waals surface area contributed by atoms with E-state index in [1.165, 1.54) is 30.7 Å². The van der Waals surface area contributed by atoms with E-state index in [0.29, 0.717) is 0 Å². The smallest absolute Gasteiger partial charge is 0.422 e. The van der Waals surface area contributed by atoms with Gasteiger partial charge >= 0.3 is 6.18 Å². The molecular weight excluding hydrogens is 373 g/mol. The predicted octanol–water partition coefficient (Wildman–Crippen LogP) is 3.65. The van der Waals surface area contributed by atoms with Crippen molar-refractivity contribution in [2.24, 2.45) is 5.73 Å². The highest BCUT2D eigenvalue weighted by Crippen LogP contribution is 2.21. The van der Waals surface area contributed by atoms with E-state index in [2.05, 4.69) is 20.0 Å². The van der Waals surface area contributed by atoms with Crippen molar-refractivity contribution in [3.8, 4) is 5.75 Å². The molecule has 0 aliphatic heterocycles. The number of nitrogens with zero attached hydrogens (tertiary/aromatic N) is 2. The van der Waals surface area contributed by atoms with Gasteiger partial charge in [-0.1, -0.05) is 12.1 Å². The minimum absolute atomic E-state index is 0. The molecule has 0 saturated carbocycles. The average Bonchev–Trinajstić information content (AvgIpc) is 2.59. The van der Waals surface area contributed by atoms with Gasteiger partial charge in [-0.15, -0.1) is 0 Å². The number of nitrogens with two attached hydrogens (primary N) is 1. The van der Waals surface area contributed by atoms with Gasteiger partial charge in [0.05, 0.1) is 12.2 Å². The first kappa shape index (κ1) is 23.4. The molecule has 1 heterocycles. The first-order valence-electron chi connectivity index (χ1n) is 8.50. The van der Waals surface area contributed by atoms with Crippen LogP contribution < -0.4 is 15.8 Å². The summed E-state index contributed by atoms with van der Waals surface area (Å²) in [5.74, 6) is -0.276. The van der Waals surface area contributed by atoms with E-state index in [-0.39, 0.29) is 28.9 Å². The maximum absolute atomic E-state index is 12.1. The fourth-order valence-corrected chi connectivity index (χ4v) is 1.79. The van der Waals surface area contributed by atoms with E-state index in [0.717, 1.165) is 5.56 Å². The lowest BCUT2D eigenvalue weighted by Gasteiger charge is -2.15. The van der Waals surface area contributed by atoms with Crippen molar-refractivity contribution >= 4 is 5.91 Å². The second-order valence-electron chi connectivity index (χ2n) is 7.12. The molecule has 0 aliphatic rings. The van der Waals surface area contributed by atoms with Crippen LogP contribution in [0.1, 0.15) is 49.8 Å². The minimum atomic E-state index is -4.38. The molecule has 1 aromatic heterocycles. The lowest BCUT2D eigenvalue weighted by Crippen LogP contribution is -2.27. The van der Waals surface area contributed by atoms with Crippen LogP contribution in [0.3, 0.4) is 0 Å². The third-order valence-corrected chi connectivity index (χ3v) is 2.93. The SMILES string of the molecule is CC(C)(C)N.CC(NC(=O)c1cnccn1)c1ccc(OCC(F)(F)F)cc1. The number of ether oxygens (including phenoxy) is 1. The van der Waals surface area contributed by atoms with Gasteiger partial charge in [0, 0.05) is 17.9 Å². The number of hydrogen-bond acceptors (Lipinski definition) is 5. The number of hydrogen-bond donors (Lipinski definition) is 2. The Labute approximate surface area is 162 Å². The van der Waals surface area contributed by atoms with Crippen molar-refractivity contribution in [3.63, 3.8) is 0 Å². The molecule has 0 spiro atoms. The van der Waals surface area contributed by atoms with Gasteiger partial charge < -0.3 is 15.8 Å². The normalized spacial score (nSPS) is 12.4. The number of alkyl halides is 3. The fourth-order valence-electron chi connectivity index (χ4n) is 1.79. The van der Waals surface area contributed by atoms with Crippen LogP contribution in [0.2, 0.25) is 0 Å². The van der Waals surface area contributed by atoms with E-state index >= 15 is 0 Å². The molecule has 1 amide bonds. The number of nitrogens with one attached hydrogen (secondary N) is 1. The van der Waals surface area contributed by atoms with Gasteiger partial charge in [-0.3, -0.25) is 9.78 Å². The van der Waals surface area contributed by atoms with Crippen molar-refractivity contribution in [1.29, 1.82) is 0 Å². The molecule has 1 unspecified atom stereocenters. The van der Waals surface area contributed by atoms with Crippen LogP contribution in [0.25, 0.3) is 0 Å². The summed E-state index contributed by atoms with van der Waals surface area (Å²) in [7, 11) is 0. The Morgan fingerprint density at radius 1 is 1.18 bits per heavy atom. The molecule has 9 heteroatoms. The zero-order chi connectivity index (χ0) is 21.4. The quantitative estimate of drug-likeness (QED) is 0.802. The Kier molecular flexibility index (Phi) is 8.36. The third-order valence-electron chi connectivity index (χ3n) is 2.93. The molecule has 0 saturated heterocycles. The van der Waals surface area contributed by atoms with Crippen LogP contribution in [-0.2, 0) is 0 Å². The van der Waals surface area contributed by atoms with Crippen molar-refractivity contribution in [2.45, 2.75) is 45.5 Å². The largest absolute Gasteiger partial charge is 0.484 e. The highest BCUT2D eigenvalue weighted by atomic mass is 19.4. The molecule has 1 atom stereocenters. The molecule has 0 fully saturated rings. The summed E-state index contributed by atoms with van der Waals surface area (Å²) < 4.78 is 40.8. The summed E-state index contributed by atoms with van der Waals surface area (Å²) in [6, 6.07) is 5.68. The molecular formula is C19H25F3N4O2. The molecule has 2 rings (SSSR count). The highest BCUT2D eigenvalue weighted by molar-refractivity contribution is 5.92. The zero-order valence-electron chi connectivity index (χ0n) is 16.2. The maximum Gasteiger partial charge on any atom is 0.422 e. The average molecular weight is 398 g/mol. The Hall–Kier alpha value is -2.68. The van der Waals surface area contributed by atoms with Crippen molar-refractivity contribution in [3.05, 3.63) is 54.1 Å². The number of halogens is 3. The molecule has 2 aromatic rings. The van der Waals surface area contributed by atoms with Crippen LogP contribution in [-0.4, -0.2) is 34.2 Å². The van der Waals surface area contributed by atoms with E-state index in [1.807, 2.05) is 20.8 Å². The molecule has 6 nitrogen and oxygen atoms in total. The second kappa shape index (κ2) is 10.0. The predicted molar refractivity (Wildman–Crippen MR) is 99.8 cm³/mol. The molecule has 0 bridgehead atoms. The summed E-state index contributed by atoms with van der Waals surface area (Å²) in [5.41, 5.74) is 6.26. The van der Waals surface area contributed by atoms with Gasteiger partial charge in [-0.25, -0.2) is 4.98 Å². The van der Waals surface area contributed by atoms with Crippen molar-refractivity contribution in [2.75, 3.05) is 6.61 Å². The molecule has 154 valence electrons. The molecule has 1 aromatic carbocycles. The third kappa shape index (κ3) is 10.5. The Morgan fingerprint density at radius 3 is 2.21 bits per heavy atom. The molecule has 28 heavy (non-hydrogen) atoms. The maximum atomic E-state index is 12.1. The number of rotatable bonds is 5. The van der Waals surface area contributed by atoms with E-state index in [4.69, 9.17) is 5.73 Å². The Bertz CT molecular complexity index is 724. The standard InChI is InChI=1S/C15H14F3N3O2.C4H11N/c1-10(21-14(22)13-8-19-6-7-20-13)11-2-4-12(5-3-11)23-9-15(16,17)18;1-4(2,3)5/h2-8,10H,9H2,1H3,(H,21,22);5H2,1-3H3. The van der Waals surface area contributed by atoms with Crippen molar-refractivity contribution < 1.29 is 22.7 Å². The number of amides is 1. The number of carbonyl (C=O) groups excluding carboxylic acids is 1. The number of benzene rings is 1. The number of aromatic nitrogens is 2. The van der Waals surface area contributed by atoms with Gasteiger partial charge in [0.25, 0.3) is 5.91 Å². The van der Waals surface area contributed by atoms with Crippen LogP contribution >= 0.6 is 0 Å². The minimum Gasteiger partial charge on any atom is -0.484 e. The topological polar surface area (TPSA) is 90.1 Å². The summed E-state index contributed by atoms with van der Waals surface area (Å²) in [6.45, 7) is 6.30. The van der Waals surface area contributed by atoms with Gasteiger partial charge in [-0.05, 0) is 45.4 Å². The second-order valence-corrected chi connectivity index (χ2v) is 7.12. The Balaban J connectivity index is 0.000000696. The van der Waals surface area contributed by atoms with Gasteiger partial charge in [0.2, 0.25) is 0 Å². The van der Waals surface area contributed by atoms with Crippen molar-refractivity contribution in [1.82, 2.24) is 15.3 Å². The van der Waals surface area contributed by atoms with Crippen LogP contribution in [0.4, 0.5) is 13.2 Å². The highest BCUT2D eigenvalue weighted by Gasteiger charge is 2.28. The monoisotopic (exact) mass is 398 g/mol. The van der Waals surface area contributed by atoms with Crippen LogP contribution in [0.5, 0.6) is 5.75 Å². The number of carbonyl (C=O) groups is 1. The van der Waals surface area contributed by atoms with Crippen LogP contribution in [0, 0.1) is 0 Å². The van der Waals surface area contributed by atoms with Gasteiger partial charge in [-0.2, -0.15) is 13.2 Å². The first-order valence-corrected chi connectivity index (χ1v) is 8.50. The van der Waals surface area contributed by atoms with E-state index in [1.54, 1.807) is 19.1 Å². The summed E-state index contributed by atoms with van der Waals surface area (Å²) in [4.78, 5) is 19.6. The lowest BCUT2D eigenvalue weighted by atomic mass is 10.1. The molecule has 0 aliphatic carbocycles. The summed E-state index contributed by atoms with van der Waals surface area (Å²) in [6.07, 6.45) is -0.168. The van der Waals surface area contributed by atoms with Gasteiger partial charge in [0.1, 0.15) is 11.4 Å². The van der Waals surface area contributed by atoms with Crippen LogP contribution in [0.15, 0.2) is 42.9 Å². The lowest BCUT2D eigenvalue weighted by molar-refractivity contribution is -0.153. The van der Waals surface area contributed by atoms with E-state index in [9.17, 15) is 18.0 Å².